The molecule has 2 unspecified atom stereocenters. The Bertz CT molecular complexity index is 398. The number of rotatable bonds is 3. The fourth-order valence-corrected chi connectivity index (χ4v) is 2.03. The maximum Gasteiger partial charge on any atom is 0.161 e. The highest BCUT2D eigenvalue weighted by Gasteiger charge is 2.27. The number of fused-ring (bicyclic) bond motifs is 1. The first-order valence-corrected chi connectivity index (χ1v) is 6.60. The molecule has 100 valence electrons. The Morgan fingerprint density at radius 1 is 1.28 bits per heavy atom. The van der Waals surface area contributed by atoms with Crippen LogP contribution in [0.2, 0.25) is 0 Å². The van der Waals surface area contributed by atoms with E-state index in [1.807, 2.05) is 24.3 Å². The molecule has 1 aliphatic rings. The van der Waals surface area contributed by atoms with Crippen LogP contribution in [0.4, 0.5) is 0 Å². The standard InChI is InChI=1S/C15H23NO2/c1-15(2,3)9-8-11(16)14-10-17-12-6-4-5-7-13(12)18-14/h4-7,11,14H,8-10,16H2,1-3H3. The van der Waals surface area contributed by atoms with Crippen molar-refractivity contribution in [2.24, 2.45) is 11.1 Å². The van der Waals surface area contributed by atoms with Crippen molar-refractivity contribution in [1.29, 1.82) is 0 Å². The Labute approximate surface area is 109 Å². The molecule has 2 atom stereocenters. The molecule has 18 heavy (non-hydrogen) atoms. The van der Waals surface area contributed by atoms with Gasteiger partial charge in [0.15, 0.2) is 11.5 Å². The third-order valence-corrected chi connectivity index (χ3v) is 3.24. The lowest BCUT2D eigenvalue weighted by atomic mass is 9.88. The van der Waals surface area contributed by atoms with Crippen molar-refractivity contribution in [2.75, 3.05) is 6.61 Å². The predicted octanol–water partition coefficient (Wildman–Crippen LogP) is 2.98. The van der Waals surface area contributed by atoms with Gasteiger partial charge in [-0.3, -0.25) is 0 Å². The van der Waals surface area contributed by atoms with E-state index in [0.717, 1.165) is 24.3 Å². The fraction of sp³-hybridized carbons (Fsp3) is 0.600. The van der Waals surface area contributed by atoms with Gasteiger partial charge in [-0.1, -0.05) is 32.9 Å². The number of hydrogen-bond acceptors (Lipinski definition) is 3. The molecule has 0 spiro atoms. The number of hydrogen-bond donors (Lipinski definition) is 1. The van der Waals surface area contributed by atoms with Crippen LogP contribution < -0.4 is 15.2 Å². The predicted molar refractivity (Wildman–Crippen MR) is 73.0 cm³/mol. The van der Waals surface area contributed by atoms with Gasteiger partial charge in [0.1, 0.15) is 12.7 Å². The maximum atomic E-state index is 6.21. The first-order chi connectivity index (χ1) is 8.46. The smallest absolute Gasteiger partial charge is 0.161 e. The minimum absolute atomic E-state index is 0.0255. The van der Waals surface area contributed by atoms with Gasteiger partial charge in [-0.25, -0.2) is 0 Å². The molecule has 0 aliphatic carbocycles. The zero-order valence-corrected chi connectivity index (χ0v) is 11.5. The van der Waals surface area contributed by atoms with E-state index in [0.29, 0.717) is 12.0 Å². The van der Waals surface area contributed by atoms with Gasteiger partial charge in [-0.2, -0.15) is 0 Å². The largest absolute Gasteiger partial charge is 0.486 e. The van der Waals surface area contributed by atoms with E-state index in [9.17, 15) is 0 Å². The summed E-state index contributed by atoms with van der Waals surface area (Å²) in [5.41, 5.74) is 6.52. The molecule has 0 radical (unpaired) electrons. The lowest BCUT2D eigenvalue weighted by Gasteiger charge is -2.31. The van der Waals surface area contributed by atoms with Crippen molar-refractivity contribution in [2.45, 2.75) is 45.8 Å². The second-order valence-electron chi connectivity index (χ2n) is 6.18. The van der Waals surface area contributed by atoms with Crippen LogP contribution in [0.15, 0.2) is 24.3 Å². The van der Waals surface area contributed by atoms with Crippen LogP contribution in [-0.4, -0.2) is 18.8 Å². The molecule has 1 heterocycles. The van der Waals surface area contributed by atoms with E-state index in [2.05, 4.69) is 20.8 Å². The Hall–Kier alpha value is -1.22. The number of nitrogens with two attached hydrogens (primary N) is 1. The number of benzene rings is 1. The molecule has 1 aromatic rings. The van der Waals surface area contributed by atoms with Crippen LogP contribution in [0.1, 0.15) is 33.6 Å². The second-order valence-corrected chi connectivity index (χ2v) is 6.18. The summed E-state index contributed by atoms with van der Waals surface area (Å²) in [6.45, 7) is 7.23. The van der Waals surface area contributed by atoms with E-state index in [-0.39, 0.29) is 12.1 Å². The van der Waals surface area contributed by atoms with E-state index < -0.39 is 0 Å². The minimum Gasteiger partial charge on any atom is -0.486 e. The van der Waals surface area contributed by atoms with E-state index in [1.165, 1.54) is 0 Å². The molecule has 0 aromatic heterocycles. The lowest BCUT2D eigenvalue weighted by molar-refractivity contribution is 0.0671. The van der Waals surface area contributed by atoms with Gasteiger partial charge in [0, 0.05) is 6.04 Å². The quantitative estimate of drug-likeness (QED) is 0.895. The summed E-state index contributed by atoms with van der Waals surface area (Å²) in [5, 5.41) is 0. The molecule has 1 aliphatic heterocycles. The van der Waals surface area contributed by atoms with Crippen molar-refractivity contribution in [1.82, 2.24) is 0 Å². The Kier molecular flexibility index (Phi) is 3.81. The molecule has 3 heteroatoms. The zero-order valence-electron chi connectivity index (χ0n) is 11.5. The lowest BCUT2D eigenvalue weighted by Crippen LogP contribution is -2.45. The Morgan fingerprint density at radius 2 is 1.94 bits per heavy atom. The minimum atomic E-state index is -0.0396. The molecule has 0 fully saturated rings. The van der Waals surface area contributed by atoms with Crippen molar-refractivity contribution < 1.29 is 9.47 Å². The van der Waals surface area contributed by atoms with Crippen LogP contribution in [-0.2, 0) is 0 Å². The van der Waals surface area contributed by atoms with Gasteiger partial charge in [0.2, 0.25) is 0 Å². The summed E-state index contributed by atoms with van der Waals surface area (Å²) in [4.78, 5) is 0. The molecular formula is C15H23NO2. The number of ether oxygens (including phenoxy) is 2. The van der Waals surface area contributed by atoms with Gasteiger partial charge in [0.25, 0.3) is 0 Å². The molecule has 0 bridgehead atoms. The summed E-state index contributed by atoms with van der Waals surface area (Å²) in [6, 6.07) is 7.77. The maximum absolute atomic E-state index is 6.21. The number of para-hydroxylation sites is 2. The van der Waals surface area contributed by atoms with Crippen LogP contribution in [0.5, 0.6) is 11.5 Å². The Morgan fingerprint density at radius 3 is 2.61 bits per heavy atom. The van der Waals surface area contributed by atoms with Gasteiger partial charge in [-0.15, -0.1) is 0 Å². The summed E-state index contributed by atoms with van der Waals surface area (Å²) in [6.07, 6.45) is 2.01. The highest BCUT2D eigenvalue weighted by atomic mass is 16.6. The van der Waals surface area contributed by atoms with Crippen LogP contribution >= 0.6 is 0 Å². The average Bonchev–Trinajstić information content (AvgIpc) is 2.34. The Balaban J connectivity index is 1.92. The van der Waals surface area contributed by atoms with Crippen LogP contribution in [0.25, 0.3) is 0 Å². The van der Waals surface area contributed by atoms with Crippen molar-refractivity contribution in [3.05, 3.63) is 24.3 Å². The first-order valence-electron chi connectivity index (χ1n) is 6.60. The van der Waals surface area contributed by atoms with Gasteiger partial charge in [-0.05, 0) is 30.4 Å². The van der Waals surface area contributed by atoms with Crippen molar-refractivity contribution >= 4 is 0 Å². The molecular weight excluding hydrogens is 226 g/mol. The van der Waals surface area contributed by atoms with Crippen LogP contribution in [0.3, 0.4) is 0 Å². The normalized spacial score (nSPS) is 20.6. The first kappa shape index (κ1) is 13.2. The molecule has 0 saturated carbocycles. The van der Waals surface area contributed by atoms with Crippen molar-refractivity contribution in [3.63, 3.8) is 0 Å². The molecule has 0 saturated heterocycles. The highest BCUT2D eigenvalue weighted by Crippen LogP contribution is 2.32. The van der Waals surface area contributed by atoms with Crippen LogP contribution in [0, 0.1) is 5.41 Å². The zero-order chi connectivity index (χ0) is 13.2. The van der Waals surface area contributed by atoms with E-state index >= 15 is 0 Å². The third-order valence-electron chi connectivity index (χ3n) is 3.24. The summed E-state index contributed by atoms with van der Waals surface area (Å²) in [5.74, 6) is 1.62. The fourth-order valence-electron chi connectivity index (χ4n) is 2.03. The van der Waals surface area contributed by atoms with Gasteiger partial charge >= 0.3 is 0 Å². The highest BCUT2D eigenvalue weighted by molar-refractivity contribution is 5.40. The SMILES string of the molecule is CC(C)(C)CCC(N)C1COc2ccccc2O1. The topological polar surface area (TPSA) is 44.5 Å². The molecule has 2 rings (SSSR count). The van der Waals surface area contributed by atoms with Crippen molar-refractivity contribution in [3.8, 4) is 11.5 Å². The van der Waals surface area contributed by atoms with Gasteiger partial charge in [0.05, 0.1) is 0 Å². The average molecular weight is 249 g/mol. The van der Waals surface area contributed by atoms with E-state index in [4.69, 9.17) is 15.2 Å². The summed E-state index contributed by atoms with van der Waals surface area (Å²) >= 11 is 0. The summed E-state index contributed by atoms with van der Waals surface area (Å²) in [7, 11) is 0. The summed E-state index contributed by atoms with van der Waals surface area (Å²) < 4.78 is 11.6. The molecule has 3 nitrogen and oxygen atoms in total. The van der Waals surface area contributed by atoms with E-state index in [1.54, 1.807) is 0 Å². The van der Waals surface area contributed by atoms with Gasteiger partial charge < -0.3 is 15.2 Å². The monoisotopic (exact) mass is 249 g/mol. The third kappa shape index (κ3) is 3.39. The second kappa shape index (κ2) is 5.19. The molecule has 1 aromatic carbocycles. The molecule has 0 amide bonds. The molecule has 2 N–H and O–H groups in total.